The summed E-state index contributed by atoms with van der Waals surface area (Å²) in [6, 6.07) is 8.04. The van der Waals surface area contributed by atoms with Gasteiger partial charge in [0.15, 0.2) is 0 Å². The maximum atomic E-state index is 15.2. The first kappa shape index (κ1) is 15.8. The molecular weight excluding hydrogens is 278 g/mol. The highest BCUT2D eigenvalue weighted by molar-refractivity contribution is 6.55. The van der Waals surface area contributed by atoms with Crippen molar-refractivity contribution in [3.05, 3.63) is 41.1 Å². The van der Waals surface area contributed by atoms with E-state index in [9.17, 15) is 0 Å². The zero-order chi connectivity index (χ0) is 16.3. The standard InChI is InChI=1S/C18H24BFO2/c1-16(2)11-13(12-9-7-8-10-14(12)16)15(20)19-21-17(3,4)18(5,6)22-19/h7-10H,11H2,1-6H3. The Labute approximate surface area is 132 Å². The van der Waals surface area contributed by atoms with Crippen molar-refractivity contribution >= 4 is 12.7 Å². The number of hydrogen-bond acceptors (Lipinski definition) is 2. The first-order valence-electron chi connectivity index (χ1n) is 7.89. The van der Waals surface area contributed by atoms with Gasteiger partial charge >= 0.3 is 7.12 Å². The van der Waals surface area contributed by atoms with Crippen molar-refractivity contribution in [3.8, 4) is 0 Å². The topological polar surface area (TPSA) is 18.5 Å². The average Bonchev–Trinajstić information content (AvgIpc) is 2.81. The SMILES string of the molecule is CC1(C)CC(=C(F)B2OC(C)(C)C(C)(C)O2)c2ccccc21. The van der Waals surface area contributed by atoms with Gasteiger partial charge in [-0.2, -0.15) is 0 Å². The van der Waals surface area contributed by atoms with E-state index in [1.54, 1.807) is 0 Å². The van der Waals surface area contributed by atoms with E-state index >= 15 is 4.39 Å². The Morgan fingerprint density at radius 1 is 1.00 bits per heavy atom. The molecule has 1 fully saturated rings. The molecule has 0 unspecified atom stereocenters. The summed E-state index contributed by atoms with van der Waals surface area (Å²) in [4.78, 5) is 0. The van der Waals surface area contributed by atoms with Gasteiger partial charge in [-0.3, -0.25) is 0 Å². The van der Waals surface area contributed by atoms with Crippen molar-refractivity contribution in [1.29, 1.82) is 0 Å². The summed E-state index contributed by atoms with van der Waals surface area (Å²) < 4.78 is 26.9. The molecule has 0 amide bonds. The van der Waals surface area contributed by atoms with E-state index in [-0.39, 0.29) is 11.1 Å². The minimum Gasteiger partial charge on any atom is -0.398 e. The molecule has 2 nitrogen and oxygen atoms in total. The molecule has 1 aromatic carbocycles. The van der Waals surface area contributed by atoms with Crippen molar-refractivity contribution < 1.29 is 13.7 Å². The third kappa shape index (κ3) is 2.24. The van der Waals surface area contributed by atoms with Crippen LogP contribution in [0.2, 0.25) is 0 Å². The lowest BCUT2D eigenvalue weighted by Gasteiger charge is -2.32. The van der Waals surface area contributed by atoms with E-state index in [2.05, 4.69) is 19.9 Å². The van der Waals surface area contributed by atoms with Crippen molar-refractivity contribution in [3.63, 3.8) is 0 Å². The van der Waals surface area contributed by atoms with E-state index in [0.717, 1.165) is 11.1 Å². The van der Waals surface area contributed by atoms with Crippen molar-refractivity contribution in [2.45, 2.75) is 64.6 Å². The number of hydrogen-bond donors (Lipinski definition) is 0. The van der Waals surface area contributed by atoms with Gasteiger partial charge in [-0.25, -0.2) is 4.39 Å². The van der Waals surface area contributed by atoms with Gasteiger partial charge in [0.1, 0.15) is 5.73 Å². The molecule has 0 bridgehead atoms. The molecule has 0 saturated carbocycles. The summed E-state index contributed by atoms with van der Waals surface area (Å²) in [5.41, 5.74) is 1.51. The molecule has 2 aliphatic rings. The van der Waals surface area contributed by atoms with Crippen LogP contribution >= 0.6 is 0 Å². The normalized spacial score (nSPS) is 27.0. The van der Waals surface area contributed by atoms with Gasteiger partial charge < -0.3 is 9.31 Å². The Bertz CT molecular complexity index is 630. The molecule has 1 aliphatic heterocycles. The van der Waals surface area contributed by atoms with E-state index in [0.29, 0.717) is 6.42 Å². The quantitative estimate of drug-likeness (QED) is 0.701. The van der Waals surface area contributed by atoms with Crippen LogP contribution in [-0.4, -0.2) is 18.3 Å². The van der Waals surface area contributed by atoms with Crippen LogP contribution in [0.15, 0.2) is 30.0 Å². The number of allylic oxidation sites excluding steroid dienone is 1. The fraction of sp³-hybridized carbons (Fsp3) is 0.556. The van der Waals surface area contributed by atoms with Crippen LogP contribution < -0.4 is 0 Å². The first-order chi connectivity index (χ1) is 10.1. The number of fused-ring (bicyclic) bond motifs is 1. The average molecular weight is 302 g/mol. The largest absolute Gasteiger partial charge is 0.525 e. The zero-order valence-corrected chi connectivity index (χ0v) is 14.3. The number of benzene rings is 1. The van der Waals surface area contributed by atoms with Gasteiger partial charge in [0.05, 0.1) is 11.2 Å². The zero-order valence-electron chi connectivity index (χ0n) is 14.3. The Balaban J connectivity index is 2.03. The highest BCUT2D eigenvalue weighted by Gasteiger charge is 2.54. The van der Waals surface area contributed by atoms with Crippen LogP contribution in [-0.2, 0) is 14.7 Å². The van der Waals surface area contributed by atoms with E-state index < -0.39 is 18.3 Å². The third-order valence-electron chi connectivity index (χ3n) is 5.35. The Kier molecular flexibility index (Phi) is 3.36. The monoisotopic (exact) mass is 302 g/mol. The van der Waals surface area contributed by atoms with Gasteiger partial charge in [0, 0.05) is 0 Å². The van der Waals surface area contributed by atoms with Crippen LogP contribution in [0.3, 0.4) is 0 Å². The minimum absolute atomic E-state index is 0.0626. The molecule has 0 N–H and O–H groups in total. The number of rotatable bonds is 1. The molecule has 1 saturated heterocycles. The molecular formula is C18H24BFO2. The molecule has 4 heteroatoms. The van der Waals surface area contributed by atoms with Gasteiger partial charge in [-0.15, -0.1) is 0 Å². The maximum absolute atomic E-state index is 15.2. The predicted octanol–water partition coefficient (Wildman–Crippen LogP) is 4.68. The second kappa shape index (κ2) is 4.69. The second-order valence-corrected chi connectivity index (χ2v) is 8.02. The van der Waals surface area contributed by atoms with Crippen LogP contribution in [0.1, 0.15) is 59.1 Å². The fourth-order valence-corrected chi connectivity index (χ4v) is 3.27. The number of halogens is 1. The lowest BCUT2D eigenvalue weighted by Crippen LogP contribution is -2.41. The van der Waals surface area contributed by atoms with E-state index in [1.165, 1.54) is 5.56 Å². The van der Waals surface area contributed by atoms with Crippen LogP contribution in [0.5, 0.6) is 0 Å². The van der Waals surface area contributed by atoms with E-state index in [4.69, 9.17) is 9.31 Å². The first-order valence-corrected chi connectivity index (χ1v) is 7.89. The highest BCUT2D eigenvalue weighted by atomic mass is 19.1. The Morgan fingerprint density at radius 3 is 2.14 bits per heavy atom. The summed E-state index contributed by atoms with van der Waals surface area (Å²) in [5, 5.41) is 0. The fourth-order valence-electron chi connectivity index (χ4n) is 3.27. The van der Waals surface area contributed by atoms with Gasteiger partial charge in [0.2, 0.25) is 0 Å². The molecule has 1 aromatic rings. The van der Waals surface area contributed by atoms with Crippen molar-refractivity contribution in [2.75, 3.05) is 0 Å². The summed E-state index contributed by atoms with van der Waals surface area (Å²) in [7, 11) is -0.915. The smallest absolute Gasteiger partial charge is 0.398 e. The van der Waals surface area contributed by atoms with Gasteiger partial charge in [-0.1, -0.05) is 38.1 Å². The second-order valence-electron chi connectivity index (χ2n) is 8.02. The molecule has 0 spiro atoms. The molecule has 3 rings (SSSR count). The Hall–Kier alpha value is -1.13. The van der Waals surface area contributed by atoms with Gasteiger partial charge in [-0.05, 0) is 56.2 Å². The van der Waals surface area contributed by atoms with Crippen molar-refractivity contribution in [1.82, 2.24) is 0 Å². The minimum atomic E-state index is -0.915. The van der Waals surface area contributed by atoms with Gasteiger partial charge in [0.25, 0.3) is 0 Å². The van der Waals surface area contributed by atoms with Crippen LogP contribution in [0, 0.1) is 0 Å². The van der Waals surface area contributed by atoms with Crippen LogP contribution in [0.4, 0.5) is 4.39 Å². The molecule has 1 aliphatic carbocycles. The summed E-state index contributed by atoms with van der Waals surface area (Å²) in [6.45, 7) is 12.1. The third-order valence-corrected chi connectivity index (χ3v) is 5.35. The molecule has 0 aromatic heterocycles. The van der Waals surface area contributed by atoms with Crippen LogP contribution in [0.25, 0.3) is 5.57 Å². The lowest BCUT2D eigenvalue weighted by atomic mass is 9.82. The Morgan fingerprint density at radius 2 is 1.55 bits per heavy atom. The molecule has 22 heavy (non-hydrogen) atoms. The summed E-state index contributed by atoms with van der Waals surface area (Å²) in [5.74, 6) is 0. The highest BCUT2D eigenvalue weighted by Crippen LogP contribution is 2.48. The van der Waals surface area contributed by atoms with Crippen molar-refractivity contribution in [2.24, 2.45) is 0 Å². The molecule has 0 atom stereocenters. The predicted molar refractivity (Wildman–Crippen MR) is 88.2 cm³/mol. The molecule has 118 valence electrons. The maximum Gasteiger partial charge on any atom is 0.525 e. The van der Waals surface area contributed by atoms with E-state index in [1.807, 2.05) is 45.9 Å². The molecule has 0 radical (unpaired) electrons. The summed E-state index contributed by atoms with van der Waals surface area (Å²) >= 11 is 0. The molecule has 1 heterocycles. The lowest BCUT2D eigenvalue weighted by molar-refractivity contribution is 0.00578. The summed E-state index contributed by atoms with van der Waals surface area (Å²) in [6.07, 6.45) is 0.669.